The molecule has 0 fully saturated rings. The van der Waals surface area contributed by atoms with Crippen LogP contribution in [-0.2, 0) is 0 Å². The van der Waals surface area contributed by atoms with Crippen LogP contribution in [0.1, 0.15) is 40.0 Å². The first-order valence-corrected chi connectivity index (χ1v) is 10.3. The molecule has 4 rings (SSSR count). The fourth-order valence-electron chi connectivity index (χ4n) is 3.91. The summed E-state index contributed by atoms with van der Waals surface area (Å²) in [5.74, 6) is -2.96. The molecule has 0 spiro atoms. The van der Waals surface area contributed by atoms with Crippen molar-refractivity contribution >= 4 is 22.6 Å². The molecule has 0 saturated heterocycles. The van der Waals surface area contributed by atoms with Crippen molar-refractivity contribution in [2.24, 2.45) is 0 Å². The molecule has 0 aliphatic heterocycles. The maximum atomic E-state index is 13.9. The second kappa shape index (κ2) is 8.50. The Labute approximate surface area is 188 Å². The van der Waals surface area contributed by atoms with Crippen molar-refractivity contribution in [1.29, 1.82) is 0 Å². The van der Waals surface area contributed by atoms with Crippen molar-refractivity contribution in [2.75, 3.05) is 5.32 Å². The Morgan fingerprint density at radius 1 is 1.03 bits per heavy atom. The van der Waals surface area contributed by atoms with Crippen LogP contribution in [0.15, 0.2) is 63.8 Å². The third-order valence-electron chi connectivity index (χ3n) is 5.57. The zero-order valence-corrected chi connectivity index (χ0v) is 18.2. The first-order chi connectivity index (χ1) is 15.7. The molecule has 1 aromatic heterocycles. The molecule has 0 amide bonds. The summed E-state index contributed by atoms with van der Waals surface area (Å²) in [6, 6.07) is 13.0. The van der Waals surface area contributed by atoms with Gasteiger partial charge in [-0.25, -0.2) is 13.6 Å². The molecule has 2 N–H and O–H groups in total. The van der Waals surface area contributed by atoms with Crippen LogP contribution in [-0.4, -0.2) is 11.1 Å². The minimum Gasteiger partial charge on any atom is -0.478 e. The number of aryl methyl sites for hydroxylation is 1. The zero-order chi connectivity index (χ0) is 23.9. The summed E-state index contributed by atoms with van der Waals surface area (Å²) in [4.78, 5) is 24.8. The minimum atomic E-state index is -1.07. The second-order valence-electron chi connectivity index (χ2n) is 7.96. The Morgan fingerprint density at radius 3 is 2.45 bits per heavy atom. The Hall–Kier alpha value is -4.00. The van der Waals surface area contributed by atoms with Crippen LogP contribution < -0.4 is 10.7 Å². The largest absolute Gasteiger partial charge is 0.478 e. The SMILES string of the molecule is Cc1cc(C(C)Nc2ccccc2C(=O)O)c2oc(-c3ccc(F)c(F)c3)c(C)c(=O)c2c1. The normalized spacial score (nSPS) is 12.0. The molecule has 1 atom stereocenters. The van der Waals surface area contributed by atoms with Gasteiger partial charge in [0.1, 0.15) is 11.3 Å². The molecule has 0 radical (unpaired) electrons. The number of rotatable bonds is 5. The highest BCUT2D eigenvalue weighted by Crippen LogP contribution is 2.33. The van der Waals surface area contributed by atoms with Crippen molar-refractivity contribution in [1.82, 2.24) is 0 Å². The predicted octanol–water partition coefficient (Wildman–Crippen LogP) is 6.23. The highest BCUT2D eigenvalue weighted by atomic mass is 19.2. The number of carboxylic acids is 1. The molecule has 1 unspecified atom stereocenters. The monoisotopic (exact) mass is 449 g/mol. The number of halogens is 2. The molecule has 0 aliphatic rings. The van der Waals surface area contributed by atoms with Crippen molar-refractivity contribution in [3.8, 4) is 11.3 Å². The number of hydrogen-bond donors (Lipinski definition) is 2. The van der Waals surface area contributed by atoms with Crippen LogP contribution in [0.3, 0.4) is 0 Å². The van der Waals surface area contributed by atoms with Crippen LogP contribution in [0.4, 0.5) is 14.5 Å². The van der Waals surface area contributed by atoms with Gasteiger partial charge in [0.2, 0.25) is 0 Å². The van der Waals surface area contributed by atoms with E-state index >= 15 is 0 Å². The van der Waals surface area contributed by atoms with E-state index in [2.05, 4.69) is 5.32 Å². The average Bonchev–Trinajstić information content (AvgIpc) is 2.78. The van der Waals surface area contributed by atoms with Gasteiger partial charge in [-0.05, 0) is 62.7 Å². The van der Waals surface area contributed by atoms with E-state index in [0.717, 1.165) is 17.7 Å². The fraction of sp³-hybridized carbons (Fsp3) is 0.154. The van der Waals surface area contributed by atoms with E-state index in [1.165, 1.54) is 12.1 Å². The highest BCUT2D eigenvalue weighted by Gasteiger charge is 2.20. The summed E-state index contributed by atoms with van der Waals surface area (Å²) in [5, 5.41) is 13.0. The Morgan fingerprint density at radius 2 is 1.76 bits per heavy atom. The molecule has 0 saturated carbocycles. The molecule has 33 heavy (non-hydrogen) atoms. The lowest BCUT2D eigenvalue weighted by atomic mass is 9.98. The summed E-state index contributed by atoms with van der Waals surface area (Å²) in [6.07, 6.45) is 0. The van der Waals surface area contributed by atoms with Gasteiger partial charge < -0.3 is 14.8 Å². The maximum Gasteiger partial charge on any atom is 0.337 e. The third-order valence-corrected chi connectivity index (χ3v) is 5.57. The molecule has 4 aromatic rings. The predicted molar refractivity (Wildman–Crippen MR) is 123 cm³/mol. The molecule has 0 aliphatic carbocycles. The Bertz CT molecular complexity index is 1460. The van der Waals surface area contributed by atoms with E-state index in [1.807, 2.05) is 19.9 Å². The summed E-state index contributed by atoms with van der Waals surface area (Å²) in [6.45, 7) is 5.25. The lowest BCUT2D eigenvalue weighted by molar-refractivity contribution is 0.0698. The quantitative estimate of drug-likeness (QED) is 0.378. The average molecular weight is 449 g/mol. The first kappa shape index (κ1) is 22.2. The van der Waals surface area contributed by atoms with Crippen LogP contribution in [0, 0.1) is 25.5 Å². The summed E-state index contributed by atoms with van der Waals surface area (Å²) < 4.78 is 33.4. The van der Waals surface area contributed by atoms with E-state index in [0.29, 0.717) is 22.2 Å². The standard InChI is InChI=1S/C26H21F2NO4/c1-13-10-18(15(3)29-22-7-5-4-6-17(22)26(31)32)25-19(11-13)23(30)14(2)24(33-25)16-8-9-20(27)21(28)12-16/h4-12,15,29H,1-3H3,(H,31,32). The van der Waals surface area contributed by atoms with Gasteiger partial charge >= 0.3 is 5.97 Å². The molecule has 7 heteroatoms. The van der Waals surface area contributed by atoms with E-state index in [9.17, 15) is 23.5 Å². The van der Waals surface area contributed by atoms with Crippen molar-refractivity contribution in [3.05, 3.63) is 98.7 Å². The maximum absolute atomic E-state index is 13.9. The molecule has 0 bridgehead atoms. The first-order valence-electron chi connectivity index (χ1n) is 10.3. The molecule has 1 heterocycles. The number of benzene rings is 3. The summed E-state index contributed by atoms with van der Waals surface area (Å²) >= 11 is 0. The summed E-state index contributed by atoms with van der Waals surface area (Å²) in [5.41, 5.74) is 2.53. The van der Waals surface area contributed by atoms with Gasteiger partial charge in [-0.2, -0.15) is 0 Å². The van der Waals surface area contributed by atoms with Gasteiger partial charge in [0.15, 0.2) is 17.1 Å². The van der Waals surface area contributed by atoms with Crippen LogP contribution in [0.2, 0.25) is 0 Å². The van der Waals surface area contributed by atoms with E-state index in [4.69, 9.17) is 4.42 Å². The number of aromatic carboxylic acids is 1. The van der Waals surface area contributed by atoms with E-state index < -0.39 is 23.6 Å². The second-order valence-corrected chi connectivity index (χ2v) is 7.96. The van der Waals surface area contributed by atoms with E-state index in [1.54, 1.807) is 31.2 Å². The number of para-hydroxylation sites is 1. The van der Waals surface area contributed by atoms with Gasteiger partial charge in [-0.3, -0.25) is 4.79 Å². The van der Waals surface area contributed by atoms with Gasteiger partial charge in [0.25, 0.3) is 0 Å². The number of carboxylic acid groups (broad SMARTS) is 1. The van der Waals surface area contributed by atoms with Crippen molar-refractivity contribution < 1.29 is 23.1 Å². The van der Waals surface area contributed by atoms with Gasteiger partial charge in [0.05, 0.1) is 17.0 Å². The van der Waals surface area contributed by atoms with Crippen LogP contribution in [0.5, 0.6) is 0 Å². The number of carbonyl (C=O) groups is 1. The summed E-state index contributed by atoms with van der Waals surface area (Å²) in [7, 11) is 0. The topological polar surface area (TPSA) is 79.5 Å². The van der Waals surface area contributed by atoms with Gasteiger partial charge in [-0.15, -0.1) is 0 Å². The molecular weight excluding hydrogens is 428 g/mol. The lowest BCUT2D eigenvalue weighted by Crippen LogP contribution is -2.14. The number of nitrogens with one attached hydrogen (secondary N) is 1. The third kappa shape index (κ3) is 4.09. The van der Waals surface area contributed by atoms with Crippen LogP contribution >= 0.6 is 0 Å². The van der Waals surface area contributed by atoms with Gasteiger partial charge in [0, 0.05) is 22.4 Å². The minimum absolute atomic E-state index is 0.112. The molecule has 5 nitrogen and oxygen atoms in total. The number of fused-ring (bicyclic) bond motifs is 1. The molecule has 168 valence electrons. The lowest BCUT2D eigenvalue weighted by Gasteiger charge is -2.20. The van der Waals surface area contributed by atoms with Crippen molar-refractivity contribution in [3.63, 3.8) is 0 Å². The van der Waals surface area contributed by atoms with E-state index in [-0.39, 0.29) is 27.9 Å². The molecular formula is C26H21F2NO4. The van der Waals surface area contributed by atoms with Crippen molar-refractivity contribution in [2.45, 2.75) is 26.8 Å². The van der Waals surface area contributed by atoms with Gasteiger partial charge in [-0.1, -0.05) is 18.2 Å². The number of hydrogen-bond acceptors (Lipinski definition) is 4. The highest BCUT2D eigenvalue weighted by molar-refractivity contribution is 5.94. The molecule has 3 aromatic carbocycles. The van der Waals surface area contributed by atoms with Crippen LogP contribution in [0.25, 0.3) is 22.3 Å². The Balaban J connectivity index is 1.90. The number of anilines is 1. The Kier molecular flexibility index (Phi) is 5.72. The zero-order valence-electron chi connectivity index (χ0n) is 18.2. The smallest absolute Gasteiger partial charge is 0.337 e. The fourth-order valence-corrected chi connectivity index (χ4v) is 3.91.